The number of benzene rings is 2. The molecule has 2 nitrogen and oxygen atoms in total. The van der Waals surface area contributed by atoms with Crippen LogP contribution < -0.4 is 10.5 Å². The maximum absolute atomic E-state index is 13.8. The third kappa shape index (κ3) is 2.30. The molecule has 1 unspecified atom stereocenters. The van der Waals surface area contributed by atoms with Gasteiger partial charge in [0.2, 0.25) is 0 Å². The van der Waals surface area contributed by atoms with Crippen molar-refractivity contribution in [1.29, 1.82) is 0 Å². The normalized spacial score (nSPS) is 16.6. The lowest BCUT2D eigenvalue weighted by Crippen LogP contribution is -2.26. The lowest BCUT2D eigenvalue weighted by Gasteiger charge is -2.23. The molecule has 102 valence electrons. The van der Waals surface area contributed by atoms with Crippen LogP contribution in [0.25, 0.3) is 17.2 Å². The van der Waals surface area contributed by atoms with Crippen LogP contribution in [0.15, 0.2) is 42.5 Å². The lowest BCUT2D eigenvalue weighted by molar-refractivity contribution is 0.254. The highest BCUT2D eigenvalue weighted by Gasteiger charge is 2.20. The summed E-state index contributed by atoms with van der Waals surface area (Å²) in [6.07, 6.45) is 3.46. The maximum atomic E-state index is 13.8. The van der Waals surface area contributed by atoms with E-state index in [-0.39, 0.29) is 11.9 Å². The van der Waals surface area contributed by atoms with Crippen molar-refractivity contribution in [2.45, 2.75) is 6.10 Å². The molecule has 2 aromatic carbocycles. The Morgan fingerprint density at radius 3 is 2.75 bits per heavy atom. The second-order valence-electron chi connectivity index (χ2n) is 4.60. The molecule has 0 aromatic heterocycles. The van der Waals surface area contributed by atoms with Gasteiger partial charge in [0.05, 0.1) is 0 Å². The van der Waals surface area contributed by atoms with Crippen molar-refractivity contribution in [3.63, 3.8) is 0 Å². The minimum atomic E-state index is -0.321. The zero-order valence-electron chi connectivity index (χ0n) is 10.6. The van der Waals surface area contributed by atoms with Crippen molar-refractivity contribution in [3.8, 4) is 16.9 Å². The van der Waals surface area contributed by atoms with E-state index in [1.54, 1.807) is 6.07 Å². The fourth-order valence-electron chi connectivity index (χ4n) is 2.28. The smallest absolute Gasteiger partial charge is 0.135 e. The molecular formula is C16H13ClFNO. The largest absolute Gasteiger partial charge is 0.484 e. The van der Waals surface area contributed by atoms with Gasteiger partial charge in [-0.2, -0.15) is 0 Å². The standard InChI is InChI=1S/C16H13ClFNO/c17-15-4-2-1-3-13(15)14-8-11(18)7-10-5-6-12(9-19)20-16(10)14/h1-8,12H,9,19H2. The zero-order chi connectivity index (χ0) is 14.1. The van der Waals surface area contributed by atoms with E-state index < -0.39 is 0 Å². The predicted molar refractivity (Wildman–Crippen MR) is 79.4 cm³/mol. The maximum Gasteiger partial charge on any atom is 0.135 e. The number of fused-ring (bicyclic) bond motifs is 1. The van der Waals surface area contributed by atoms with Gasteiger partial charge < -0.3 is 10.5 Å². The van der Waals surface area contributed by atoms with E-state index in [1.807, 2.05) is 30.4 Å². The van der Waals surface area contributed by atoms with E-state index in [0.29, 0.717) is 28.4 Å². The van der Waals surface area contributed by atoms with Crippen LogP contribution in [0, 0.1) is 5.82 Å². The minimum absolute atomic E-state index is 0.200. The average molecular weight is 290 g/mol. The summed E-state index contributed by atoms with van der Waals surface area (Å²) >= 11 is 6.20. The third-order valence-electron chi connectivity index (χ3n) is 3.24. The first kappa shape index (κ1) is 13.2. The van der Waals surface area contributed by atoms with E-state index in [9.17, 15) is 4.39 Å². The first-order valence-electron chi connectivity index (χ1n) is 6.32. The second kappa shape index (κ2) is 5.27. The topological polar surface area (TPSA) is 35.2 Å². The lowest BCUT2D eigenvalue weighted by atomic mass is 9.99. The van der Waals surface area contributed by atoms with Crippen molar-refractivity contribution >= 4 is 17.7 Å². The fraction of sp³-hybridized carbons (Fsp3) is 0.125. The Kier molecular flexibility index (Phi) is 3.47. The Labute approximate surface area is 121 Å². The second-order valence-corrected chi connectivity index (χ2v) is 5.01. The molecule has 0 aliphatic carbocycles. The fourth-order valence-corrected chi connectivity index (χ4v) is 2.52. The molecule has 0 bridgehead atoms. The number of rotatable bonds is 2. The first-order chi connectivity index (χ1) is 9.69. The van der Waals surface area contributed by atoms with Crippen molar-refractivity contribution < 1.29 is 9.13 Å². The number of halogens is 2. The van der Waals surface area contributed by atoms with E-state index in [1.165, 1.54) is 12.1 Å². The Bertz CT molecular complexity index is 684. The molecule has 0 spiro atoms. The summed E-state index contributed by atoms with van der Waals surface area (Å²) in [4.78, 5) is 0. The highest BCUT2D eigenvalue weighted by Crippen LogP contribution is 2.40. The van der Waals surface area contributed by atoms with Gasteiger partial charge in [-0.15, -0.1) is 0 Å². The molecule has 1 aliphatic heterocycles. The quantitative estimate of drug-likeness (QED) is 0.910. The van der Waals surface area contributed by atoms with E-state index in [4.69, 9.17) is 22.1 Å². The molecule has 20 heavy (non-hydrogen) atoms. The van der Waals surface area contributed by atoms with Crippen LogP contribution in [0.2, 0.25) is 5.02 Å². The molecule has 0 saturated heterocycles. The van der Waals surface area contributed by atoms with Gasteiger partial charge in [0, 0.05) is 28.3 Å². The molecule has 3 rings (SSSR count). The highest BCUT2D eigenvalue weighted by atomic mass is 35.5. The zero-order valence-corrected chi connectivity index (χ0v) is 11.4. The van der Waals surface area contributed by atoms with Crippen molar-refractivity contribution in [3.05, 3.63) is 58.9 Å². The average Bonchev–Trinajstić information content (AvgIpc) is 2.46. The van der Waals surface area contributed by atoms with Crippen molar-refractivity contribution in [1.82, 2.24) is 0 Å². The Hall–Kier alpha value is -1.84. The number of nitrogens with two attached hydrogens (primary N) is 1. The molecule has 1 atom stereocenters. The summed E-state index contributed by atoms with van der Waals surface area (Å²) in [5.41, 5.74) is 7.72. The van der Waals surface area contributed by atoms with Crippen LogP contribution in [0.1, 0.15) is 5.56 Å². The molecule has 0 radical (unpaired) electrons. The molecule has 1 aliphatic rings. The summed E-state index contributed by atoms with van der Waals surface area (Å²) in [5.74, 6) is 0.301. The molecule has 0 saturated carbocycles. The molecule has 2 N–H and O–H groups in total. The van der Waals surface area contributed by atoms with Crippen LogP contribution in [0.5, 0.6) is 5.75 Å². The van der Waals surface area contributed by atoms with Crippen LogP contribution in [0.3, 0.4) is 0 Å². The van der Waals surface area contributed by atoms with Crippen LogP contribution in [0.4, 0.5) is 4.39 Å². The molecule has 1 heterocycles. The Morgan fingerprint density at radius 1 is 1.20 bits per heavy atom. The van der Waals surface area contributed by atoms with Gasteiger partial charge in [0.25, 0.3) is 0 Å². The van der Waals surface area contributed by atoms with E-state index in [0.717, 1.165) is 5.56 Å². The molecule has 2 aromatic rings. The Balaban J connectivity index is 2.20. The van der Waals surface area contributed by atoms with Crippen molar-refractivity contribution in [2.24, 2.45) is 5.73 Å². The first-order valence-corrected chi connectivity index (χ1v) is 6.70. The molecule has 0 fully saturated rings. The number of hydrogen-bond acceptors (Lipinski definition) is 2. The van der Waals surface area contributed by atoms with E-state index >= 15 is 0 Å². The number of ether oxygens (including phenoxy) is 1. The highest BCUT2D eigenvalue weighted by molar-refractivity contribution is 6.33. The van der Waals surface area contributed by atoms with Gasteiger partial charge in [-0.05, 0) is 24.3 Å². The van der Waals surface area contributed by atoms with Gasteiger partial charge in [0.15, 0.2) is 0 Å². The summed E-state index contributed by atoms with van der Waals surface area (Å²) in [6, 6.07) is 10.2. The predicted octanol–water partition coefficient (Wildman–Crippen LogP) is 3.88. The van der Waals surface area contributed by atoms with Gasteiger partial charge >= 0.3 is 0 Å². The summed E-state index contributed by atoms with van der Waals surface area (Å²) in [7, 11) is 0. The summed E-state index contributed by atoms with van der Waals surface area (Å²) in [6.45, 7) is 0.370. The van der Waals surface area contributed by atoms with E-state index in [2.05, 4.69) is 0 Å². The molecule has 4 heteroatoms. The van der Waals surface area contributed by atoms with Gasteiger partial charge in [-0.1, -0.05) is 35.9 Å². The van der Waals surface area contributed by atoms with Crippen LogP contribution in [-0.2, 0) is 0 Å². The monoisotopic (exact) mass is 289 g/mol. The third-order valence-corrected chi connectivity index (χ3v) is 3.57. The van der Waals surface area contributed by atoms with Gasteiger partial charge in [-0.25, -0.2) is 4.39 Å². The molecular weight excluding hydrogens is 277 g/mol. The van der Waals surface area contributed by atoms with Crippen LogP contribution in [-0.4, -0.2) is 12.6 Å². The Morgan fingerprint density at radius 2 is 2.00 bits per heavy atom. The summed E-state index contributed by atoms with van der Waals surface area (Å²) in [5, 5.41) is 0.558. The summed E-state index contributed by atoms with van der Waals surface area (Å²) < 4.78 is 19.6. The van der Waals surface area contributed by atoms with Gasteiger partial charge in [-0.3, -0.25) is 0 Å². The van der Waals surface area contributed by atoms with Crippen molar-refractivity contribution in [2.75, 3.05) is 6.54 Å². The molecule has 0 amide bonds. The minimum Gasteiger partial charge on any atom is -0.484 e. The van der Waals surface area contributed by atoms with Crippen LogP contribution >= 0.6 is 11.6 Å². The SMILES string of the molecule is NCC1C=Cc2cc(F)cc(-c3ccccc3Cl)c2O1. The van der Waals surface area contributed by atoms with Gasteiger partial charge in [0.1, 0.15) is 17.7 Å². The number of hydrogen-bond donors (Lipinski definition) is 1.